The van der Waals surface area contributed by atoms with Crippen molar-refractivity contribution >= 4 is 0 Å². The molecule has 2 aromatic carbocycles. The first-order valence-corrected chi connectivity index (χ1v) is 6.74. The summed E-state index contributed by atoms with van der Waals surface area (Å²) in [6, 6.07) is 20.8. The van der Waals surface area contributed by atoms with Crippen LogP contribution in [0.15, 0.2) is 60.7 Å². The van der Waals surface area contributed by atoms with Gasteiger partial charge in [-0.3, -0.25) is 0 Å². The van der Waals surface area contributed by atoms with Crippen molar-refractivity contribution in [1.29, 1.82) is 0 Å². The molecule has 2 rings (SSSR count). The van der Waals surface area contributed by atoms with Crippen molar-refractivity contribution in [1.82, 2.24) is 0 Å². The Labute approximate surface area is 118 Å². The zero-order valence-electron chi connectivity index (χ0n) is 12.7. The molecule has 0 heterocycles. The minimum atomic E-state index is 1.28. The average molecular weight is 255 g/mol. The van der Waals surface area contributed by atoms with E-state index >= 15 is 0 Å². The van der Waals surface area contributed by atoms with Gasteiger partial charge in [0, 0.05) is 0 Å². The van der Waals surface area contributed by atoms with Gasteiger partial charge in [0.25, 0.3) is 0 Å². The molecule has 0 aliphatic rings. The first kappa shape index (κ1) is 19.3. The van der Waals surface area contributed by atoms with Gasteiger partial charge in [-0.15, -0.1) is 0 Å². The molecule has 2 aromatic rings. The van der Waals surface area contributed by atoms with E-state index in [-0.39, 0.29) is 0 Å². The lowest BCUT2D eigenvalue weighted by atomic mass is 10.1. The summed E-state index contributed by atoms with van der Waals surface area (Å²) in [4.78, 5) is 2.75. The van der Waals surface area contributed by atoms with E-state index in [1.54, 1.807) is 0 Å². The Balaban J connectivity index is 0. The molecule has 0 atom stereocenters. The average Bonchev–Trinajstić information content (AvgIpc) is 2.54. The van der Waals surface area contributed by atoms with Crippen LogP contribution in [0.4, 0.5) is 0 Å². The summed E-state index contributed by atoms with van der Waals surface area (Å²) in [5, 5.41) is 0. The number of hydrogen-bond acceptors (Lipinski definition) is 0. The second-order valence-corrected chi connectivity index (χ2v) is 2.96. The SMILES string of the molecule is CC.CC.[C-]#[N+]C.c1ccc(-c2ccccc2)cc1. The molecule has 0 bridgehead atoms. The Morgan fingerprint density at radius 1 is 0.632 bits per heavy atom. The third-order valence-electron chi connectivity index (χ3n) is 1.88. The Morgan fingerprint density at radius 2 is 0.842 bits per heavy atom. The Bertz CT molecular complexity index is 375. The lowest BCUT2D eigenvalue weighted by Gasteiger charge is -1.98. The molecule has 0 radical (unpaired) electrons. The number of hydrogen-bond donors (Lipinski definition) is 0. The minimum Gasteiger partial charge on any atom is -0.320 e. The van der Waals surface area contributed by atoms with Crippen molar-refractivity contribution in [2.45, 2.75) is 27.7 Å². The second-order valence-electron chi connectivity index (χ2n) is 2.96. The molecule has 0 aliphatic carbocycles. The zero-order valence-corrected chi connectivity index (χ0v) is 12.7. The molecule has 0 fully saturated rings. The van der Waals surface area contributed by atoms with E-state index in [9.17, 15) is 0 Å². The van der Waals surface area contributed by atoms with Crippen LogP contribution >= 0.6 is 0 Å². The van der Waals surface area contributed by atoms with Crippen LogP contribution < -0.4 is 0 Å². The van der Waals surface area contributed by atoms with Crippen molar-refractivity contribution in [3.05, 3.63) is 72.1 Å². The van der Waals surface area contributed by atoms with Gasteiger partial charge in [0.05, 0.1) is 0 Å². The van der Waals surface area contributed by atoms with Crippen LogP contribution in [0.2, 0.25) is 0 Å². The molecule has 0 saturated heterocycles. The summed E-state index contributed by atoms with van der Waals surface area (Å²) in [5.74, 6) is 0. The van der Waals surface area contributed by atoms with E-state index in [1.165, 1.54) is 18.2 Å². The smallest absolute Gasteiger partial charge is 0.205 e. The highest BCUT2D eigenvalue weighted by Gasteiger charge is 1.91. The lowest BCUT2D eigenvalue weighted by molar-refractivity contribution is 1.50. The van der Waals surface area contributed by atoms with Crippen LogP contribution in [0, 0.1) is 6.57 Å². The van der Waals surface area contributed by atoms with E-state index in [0.29, 0.717) is 0 Å². The Kier molecular flexibility index (Phi) is 16.2. The largest absolute Gasteiger partial charge is 0.320 e. The van der Waals surface area contributed by atoms with Crippen LogP contribution in [-0.2, 0) is 0 Å². The Hall–Kier alpha value is -2.07. The highest BCUT2D eigenvalue weighted by atomic mass is 14.5. The van der Waals surface area contributed by atoms with Crippen molar-refractivity contribution in [3.8, 4) is 11.1 Å². The maximum Gasteiger partial charge on any atom is 0.205 e. The molecule has 102 valence electrons. The van der Waals surface area contributed by atoms with Gasteiger partial charge in [-0.1, -0.05) is 88.4 Å². The van der Waals surface area contributed by atoms with Crippen LogP contribution in [0.25, 0.3) is 16.0 Å². The quantitative estimate of drug-likeness (QED) is 0.555. The number of nitrogens with zero attached hydrogens (tertiary/aromatic N) is 1. The zero-order chi connectivity index (χ0) is 14.9. The molecule has 0 aromatic heterocycles. The van der Waals surface area contributed by atoms with Crippen molar-refractivity contribution < 1.29 is 0 Å². The minimum absolute atomic E-state index is 1.28. The molecule has 0 N–H and O–H groups in total. The molecular formula is C18H25N. The highest BCUT2D eigenvalue weighted by molar-refractivity contribution is 5.62. The van der Waals surface area contributed by atoms with Gasteiger partial charge in [0.2, 0.25) is 7.05 Å². The van der Waals surface area contributed by atoms with E-state index in [4.69, 9.17) is 6.57 Å². The first-order valence-electron chi connectivity index (χ1n) is 6.74. The molecule has 0 unspecified atom stereocenters. The predicted molar refractivity (Wildman–Crippen MR) is 87.1 cm³/mol. The van der Waals surface area contributed by atoms with Gasteiger partial charge in [0.15, 0.2) is 0 Å². The first-order chi connectivity index (χ1) is 9.38. The van der Waals surface area contributed by atoms with Gasteiger partial charge in [-0.05, 0) is 11.1 Å². The van der Waals surface area contributed by atoms with Gasteiger partial charge >= 0.3 is 0 Å². The van der Waals surface area contributed by atoms with Crippen LogP contribution in [0.3, 0.4) is 0 Å². The summed E-state index contributed by atoms with van der Waals surface area (Å²) in [7, 11) is 1.42. The lowest BCUT2D eigenvalue weighted by Crippen LogP contribution is -1.73. The predicted octanol–water partition coefficient (Wildman–Crippen LogP) is 5.94. The summed E-state index contributed by atoms with van der Waals surface area (Å²) >= 11 is 0. The second kappa shape index (κ2) is 15.9. The third kappa shape index (κ3) is 9.62. The van der Waals surface area contributed by atoms with Gasteiger partial charge in [-0.25, -0.2) is 6.57 Å². The fraction of sp³-hybridized carbons (Fsp3) is 0.278. The van der Waals surface area contributed by atoms with Gasteiger partial charge in [-0.2, -0.15) is 0 Å². The fourth-order valence-electron chi connectivity index (χ4n) is 1.26. The molecule has 1 heteroatoms. The van der Waals surface area contributed by atoms with Crippen molar-refractivity contribution in [2.24, 2.45) is 0 Å². The standard InChI is InChI=1S/C12H10.C2H3N.2C2H6/c1-3-7-11(8-4-1)12-9-5-2-6-10-12;1-3-2;2*1-2/h1-10H;1H3;2*1-2H3. The normalized spacial score (nSPS) is 7.16. The summed E-state index contributed by atoms with van der Waals surface area (Å²) in [5.41, 5.74) is 2.55. The van der Waals surface area contributed by atoms with Crippen molar-refractivity contribution in [3.63, 3.8) is 0 Å². The third-order valence-corrected chi connectivity index (χ3v) is 1.88. The molecule has 0 spiro atoms. The summed E-state index contributed by atoms with van der Waals surface area (Å²) < 4.78 is 0. The summed E-state index contributed by atoms with van der Waals surface area (Å²) in [6.45, 7) is 13.8. The van der Waals surface area contributed by atoms with Crippen LogP contribution in [0.1, 0.15) is 27.7 Å². The van der Waals surface area contributed by atoms with Crippen molar-refractivity contribution in [2.75, 3.05) is 7.05 Å². The Morgan fingerprint density at radius 3 is 1.05 bits per heavy atom. The van der Waals surface area contributed by atoms with E-state index in [0.717, 1.165) is 0 Å². The summed E-state index contributed by atoms with van der Waals surface area (Å²) in [6.07, 6.45) is 0. The van der Waals surface area contributed by atoms with E-state index < -0.39 is 0 Å². The molecule has 0 saturated carbocycles. The monoisotopic (exact) mass is 255 g/mol. The van der Waals surface area contributed by atoms with Gasteiger partial charge < -0.3 is 4.85 Å². The highest BCUT2D eigenvalue weighted by Crippen LogP contribution is 2.17. The van der Waals surface area contributed by atoms with E-state index in [2.05, 4.69) is 53.4 Å². The molecular weight excluding hydrogens is 230 g/mol. The van der Waals surface area contributed by atoms with Crippen LogP contribution in [0.5, 0.6) is 0 Å². The topological polar surface area (TPSA) is 4.36 Å². The number of rotatable bonds is 1. The molecule has 0 amide bonds. The maximum atomic E-state index is 5.83. The molecule has 0 aliphatic heterocycles. The number of benzene rings is 2. The van der Waals surface area contributed by atoms with Crippen LogP contribution in [-0.4, -0.2) is 7.05 Å². The molecule has 19 heavy (non-hydrogen) atoms. The van der Waals surface area contributed by atoms with Gasteiger partial charge in [0.1, 0.15) is 0 Å². The fourth-order valence-corrected chi connectivity index (χ4v) is 1.26. The molecule has 1 nitrogen and oxygen atoms in total. The van der Waals surface area contributed by atoms with E-state index in [1.807, 2.05) is 39.8 Å². The maximum absolute atomic E-state index is 5.83.